The predicted octanol–water partition coefficient (Wildman–Crippen LogP) is 3.19. The second kappa shape index (κ2) is 6.33. The van der Waals surface area contributed by atoms with Gasteiger partial charge in [0.15, 0.2) is 5.58 Å². The lowest BCUT2D eigenvalue weighted by Crippen LogP contribution is -2.39. The molecular formula is C19H22N4O2S. The molecule has 136 valence electrons. The molecule has 3 saturated heterocycles. The maximum absolute atomic E-state index is 10.2. The van der Waals surface area contributed by atoms with Gasteiger partial charge >= 0.3 is 0 Å². The number of benzene rings is 1. The van der Waals surface area contributed by atoms with Gasteiger partial charge in [0, 0.05) is 36.3 Å². The van der Waals surface area contributed by atoms with Crippen molar-refractivity contribution < 1.29 is 9.52 Å². The molecule has 3 unspecified atom stereocenters. The predicted molar refractivity (Wildman–Crippen MR) is 102 cm³/mol. The summed E-state index contributed by atoms with van der Waals surface area (Å²) in [5, 5.41) is 16.7. The fourth-order valence-corrected chi connectivity index (χ4v) is 4.77. The molecular weight excluding hydrogens is 348 g/mol. The van der Waals surface area contributed by atoms with Gasteiger partial charge in [-0.15, -0.1) is 11.3 Å². The minimum atomic E-state index is -0.595. The summed E-state index contributed by atoms with van der Waals surface area (Å²) in [6.45, 7) is 4.72. The zero-order chi connectivity index (χ0) is 17.7. The van der Waals surface area contributed by atoms with E-state index in [1.165, 1.54) is 12.8 Å². The number of nitrogens with zero attached hydrogens (tertiary/aromatic N) is 3. The number of aliphatic hydroxyl groups excluding tert-OH is 1. The third kappa shape index (κ3) is 2.71. The Morgan fingerprint density at radius 2 is 2.27 bits per heavy atom. The van der Waals surface area contributed by atoms with Gasteiger partial charge in [-0.25, -0.2) is 4.98 Å². The molecule has 2 N–H and O–H groups in total. The minimum Gasteiger partial charge on any atom is -0.423 e. The third-order valence-corrected chi connectivity index (χ3v) is 6.29. The topological polar surface area (TPSA) is 74.4 Å². The highest BCUT2D eigenvalue weighted by Gasteiger charge is 2.31. The van der Waals surface area contributed by atoms with Gasteiger partial charge in [0.2, 0.25) is 0 Å². The SMILES string of the molecule is CC(O)c1ccc(-c2nccs2)c2oc(N3CC4CCC(C3)NC4)nc12. The van der Waals surface area contributed by atoms with Crippen molar-refractivity contribution in [2.45, 2.75) is 31.9 Å². The Kier molecular flexibility index (Phi) is 3.95. The Morgan fingerprint density at radius 3 is 3.00 bits per heavy atom. The average molecular weight is 370 g/mol. The van der Waals surface area contributed by atoms with Crippen molar-refractivity contribution in [3.63, 3.8) is 0 Å². The Balaban J connectivity index is 1.63. The summed E-state index contributed by atoms with van der Waals surface area (Å²) in [5.74, 6) is 0.637. The Bertz CT molecular complexity index is 899. The van der Waals surface area contributed by atoms with Crippen molar-refractivity contribution >= 4 is 28.5 Å². The molecule has 0 spiro atoms. The number of piperidine rings is 1. The van der Waals surface area contributed by atoms with E-state index in [9.17, 15) is 5.11 Å². The van der Waals surface area contributed by atoms with E-state index in [1.807, 2.05) is 17.5 Å². The highest BCUT2D eigenvalue weighted by molar-refractivity contribution is 7.13. The zero-order valence-corrected chi connectivity index (χ0v) is 15.5. The first-order valence-corrected chi connectivity index (χ1v) is 10.1. The lowest BCUT2D eigenvalue weighted by atomic mass is 9.97. The lowest BCUT2D eigenvalue weighted by Gasteiger charge is -2.22. The fraction of sp³-hybridized carbons (Fsp3) is 0.474. The van der Waals surface area contributed by atoms with Gasteiger partial charge in [-0.05, 0) is 38.3 Å². The van der Waals surface area contributed by atoms with E-state index in [0.717, 1.165) is 46.9 Å². The molecule has 0 amide bonds. The van der Waals surface area contributed by atoms with Crippen molar-refractivity contribution in [1.29, 1.82) is 0 Å². The molecule has 3 fully saturated rings. The maximum atomic E-state index is 10.2. The molecule has 0 aliphatic carbocycles. The summed E-state index contributed by atoms with van der Waals surface area (Å²) in [6, 6.07) is 5.07. The van der Waals surface area contributed by atoms with Crippen LogP contribution in [0.1, 0.15) is 31.4 Å². The molecule has 1 aromatic carbocycles. The average Bonchev–Trinajstić information content (AvgIpc) is 3.23. The Hall–Kier alpha value is -1.96. The van der Waals surface area contributed by atoms with E-state index in [0.29, 0.717) is 18.0 Å². The number of anilines is 1. The summed E-state index contributed by atoms with van der Waals surface area (Å²) in [4.78, 5) is 11.5. The number of aromatic nitrogens is 2. The normalized spacial score (nSPS) is 24.2. The van der Waals surface area contributed by atoms with Crippen LogP contribution < -0.4 is 10.2 Å². The molecule has 7 heteroatoms. The van der Waals surface area contributed by atoms with Crippen LogP contribution in [0.4, 0.5) is 6.01 Å². The summed E-state index contributed by atoms with van der Waals surface area (Å²) in [7, 11) is 0. The van der Waals surface area contributed by atoms with Crippen molar-refractivity contribution in [1.82, 2.24) is 15.3 Å². The summed E-state index contributed by atoms with van der Waals surface area (Å²) in [6.07, 6.45) is 3.68. The van der Waals surface area contributed by atoms with Gasteiger partial charge < -0.3 is 19.7 Å². The van der Waals surface area contributed by atoms with Crippen LogP contribution in [-0.2, 0) is 0 Å². The molecule has 0 saturated carbocycles. The van der Waals surface area contributed by atoms with Crippen LogP contribution in [0.5, 0.6) is 0 Å². The van der Waals surface area contributed by atoms with Gasteiger partial charge in [0.1, 0.15) is 10.5 Å². The standard InChI is InChI=1S/C19H22N4O2S/c1-11(24)14-4-5-15(18-20-6-7-26-18)17-16(14)22-19(25-17)23-9-12-2-3-13(10-23)21-8-12/h4-7,11-13,21,24H,2-3,8-10H2,1H3. The van der Waals surface area contributed by atoms with Crippen LogP contribution in [-0.4, -0.2) is 40.8 Å². The molecule has 6 rings (SSSR count). The van der Waals surface area contributed by atoms with E-state index >= 15 is 0 Å². The van der Waals surface area contributed by atoms with Crippen LogP contribution in [0.25, 0.3) is 21.7 Å². The van der Waals surface area contributed by atoms with Gasteiger partial charge in [-0.1, -0.05) is 6.07 Å². The third-order valence-electron chi connectivity index (χ3n) is 5.48. The quantitative estimate of drug-likeness (QED) is 0.738. The molecule has 26 heavy (non-hydrogen) atoms. The number of rotatable bonds is 3. The van der Waals surface area contributed by atoms with E-state index in [1.54, 1.807) is 24.5 Å². The number of aliphatic hydroxyl groups is 1. The molecule has 0 radical (unpaired) electrons. The summed E-state index contributed by atoms with van der Waals surface area (Å²) in [5.41, 5.74) is 3.20. The van der Waals surface area contributed by atoms with E-state index in [2.05, 4.69) is 15.2 Å². The second-order valence-corrected chi connectivity index (χ2v) is 8.24. The molecule has 3 atom stereocenters. The molecule has 2 aromatic heterocycles. The first kappa shape index (κ1) is 16.2. The van der Waals surface area contributed by atoms with Crippen LogP contribution >= 0.6 is 11.3 Å². The van der Waals surface area contributed by atoms with Crippen LogP contribution in [0.2, 0.25) is 0 Å². The highest BCUT2D eigenvalue weighted by Crippen LogP contribution is 2.37. The van der Waals surface area contributed by atoms with Gasteiger partial charge in [-0.3, -0.25) is 0 Å². The molecule has 6 nitrogen and oxygen atoms in total. The van der Waals surface area contributed by atoms with Crippen LogP contribution in [0.15, 0.2) is 28.1 Å². The molecule has 3 aromatic rings. The number of hydrogen-bond acceptors (Lipinski definition) is 7. The van der Waals surface area contributed by atoms with Crippen molar-refractivity contribution in [2.24, 2.45) is 5.92 Å². The highest BCUT2D eigenvalue weighted by atomic mass is 32.1. The van der Waals surface area contributed by atoms with Crippen molar-refractivity contribution in [3.8, 4) is 10.6 Å². The first-order valence-electron chi connectivity index (χ1n) is 9.18. The minimum absolute atomic E-state index is 0.499. The van der Waals surface area contributed by atoms with Crippen LogP contribution in [0, 0.1) is 5.92 Å². The lowest BCUT2D eigenvalue weighted by molar-refractivity contribution is 0.200. The Morgan fingerprint density at radius 1 is 1.35 bits per heavy atom. The summed E-state index contributed by atoms with van der Waals surface area (Å²) >= 11 is 1.58. The smallest absolute Gasteiger partial charge is 0.298 e. The van der Waals surface area contributed by atoms with E-state index in [4.69, 9.17) is 9.40 Å². The monoisotopic (exact) mass is 370 g/mol. The first-order chi connectivity index (χ1) is 12.7. The molecule has 5 heterocycles. The fourth-order valence-electron chi connectivity index (χ4n) is 4.11. The van der Waals surface area contributed by atoms with Crippen LogP contribution in [0.3, 0.4) is 0 Å². The van der Waals surface area contributed by atoms with Crippen molar-refractivity contribution in [2.75, 3.05) is 24.5 Å². The van der Waals surface area contributed by atoms with Gasteiger partial charge in [-0.2, -0.15) is 4.98 Å². The Labute approximate surface area is 155 Å². The largest absolute Gasteiger partial charge is 0.423 e. The number of fused-ring (bicyclic) bond motifs is 5. The van der Waals surface area contributed by atoms with Gasteiger partial charge in [0.25, 0.3) is 6.01 Å². The second-order valence-electron chi connectivity index (χ2n) is 7.34. The maximum Gasteiger partial charge on any atom is 0.298 e. The summed E-state index contributed by atoms with van der Waals surface area (Å²) < 4.78 is 6.28. The zero-order valence-electron chi connectivity index (χ0n) is 14.7. The molecule has 3 aliphatic rings. The number of thiazole rings is 1. The number of nitrogens with one attached hydrogen (secondary N) is 1. The van der Waals surface area contributed by atoms with Gasteiger partial charge in [0.05, 0.1) is 11.7 Å². The number of oxazole rings is 1. The molecule has 3 aliphatic heterocycles. The van der Waals surface area contributed by atoms with Crippen molar-refractivity contribution in [3.05, 3.63) is 29.3 Å². The molecule has 2 bridgehead atoms. The van der Waals surface area contributed by atoms with E-state index in [-0.39, 0.29) is 0 Å². The van der Waals surface area contributed by atoms with E-state index < -0.39 is 6.10 Å². The number of hydrogen-bond donors (Lipinski definition) is 2.